The van der Waals surface area contributed by atoms with Crippen LogP contribution >= 0.6 is 22.9 Å². The predicted molar refractivity (Wildman–Crippen MR) is 113 cm³/mol. The molecule has 0 saturated heterocycles. The number of rotatable bonds is 5. The Hall–Kier alpha value is -2.90. The molecule has 2 amide bonds. The molecule has 0 bridgehead atoms. The van der Waals surface area contributed by atoms with E-state index in [1.54, 1.807) is 4.90 Å². The van der Waals surface area contributed by atoms with Crippen molar-refractivity contribution in [3.63, 3.8) is 0 Å². The van der Waals surface area contributed by atoms with E-state index in [1.165, 1.54) is 11.3 Å². The van der Waals surface area contributed by atoms with Crippen LogP contribution in [0.5, 0.6) is 0 Å². The van der Waals surface area contributed by atoms with Gasteiger partial charge in [0.05, 0.1) is 5.02 Å². The smallest absolute Gasteiger partial charge is 0.325 e. The van der Waals surface area contributed by atoms with Gasteiger partial charge in [0.15, 0.2) is 6.61 Å². The van der Waals surface area contributed by atoms with Gasteiger partial charge in [0, 0.05) is 22.3 Å². The Kier molecular flexibility index (Phi) is 5.51. The fourth-order valence-corrected chi connectivity index (χ4v) is 4.69. The molecule has 2 heterocycles. The van der Waals surface area contributed by atoms with Crippen LogP contribution in [0.3, 0.4) is 0 Å². The van der Waals surface area contributed by atoms with Gasteiger partial charge in [0.2, 0.25) is 0 Å². The van der Waals surface area contributed by atoms with Gasteiger partial charge in [0.25, 0.3) is 11.8 Å². The fraction of sp³-hybridized carbons (Fsp3) is 0.190. The molecule has 0 spiro atoms. The van der Waals surface area contributed by atoms with E-state index in [-0.39, 0.29) is 19.1 Å². The number of nitrogens with zero attached hydrogens (tertiary/aromatic N) is 1. The lowest BCUT2D eigenvalue weighted by molar-refractivity contribution is -0.146. The first-order valence-electron chi connectivity index (χ1n) is 9.03. The van der Waals surface area contributed by atoms with Crippen LogP contribution < -0.4 is 10.2 Å². The Morgan fingerprint density at radius 1 is 1.10 bits per heavy atom. The highest BCUT2D eigenvalue weighted by Gasteiger charge is 2.25. The molecular weight excluding hydrogens is 412 g/mol. The van der Waals surface area contributed by atoms with E-state index >= 15 is 0 Å². The lowest BCUT2D eigenvalue weighted by Crippen LogP contribution is -2.35. The van der Waals surface area contributed by atoms with Gasteiger partial charge in [-0.2, -0.15) is 0 Å². The molecule has 29 heavy (non-hydrogen) atoms. The Bertz CT molecular complexity index is 1110. The van der Waals surface area contributed by atoms with Gasteiger partial charge < -0.3 is 15.0 Å². The number of halogens is 1. The molecule has 0 fully saturated rings. The second-order valence-corrected chi connectivity index (χ2v) is 7.94. The van der Waals surface area contributed by atoms with Gasteiger partial charge in [0.1, 0.15) is 11.4 Å². The molecule has 3 aromatic rings. The maximum Gasteiger partial charge on any atom is 0.325 e. The zero-order chi connectivity index (χ0) is 20.4. The van der Waals surface area contributed by atoms with Crippen molar-refractivity contribution in [2.45, 2.75) is 6.42 Å². The first-order chi connectivity index (χ1) is 14.0. The molecule has 4 rings (SSSR count). The number of benzene rings is 2. The third kappa shape index (κ3) is 3.97. The van der Waals surface area contributed by atoms with E-state index in [1.807, 2.05) is 48.5 Å². The second-order valence-electron chi connectivity index (χ2n) is 6.51. The number of anilines is 1. The third-order valence-corrected chi connectivity index (χ3v) is 6.35. The third-order valence-electron chi connectivity index (χ3n) is 4.68. The summed E-state index contributed by atoms with van der Waals surface area (Å²) in [6.07, 6.45) is 0.780. The van der Waals surface area contributed by atoms with Crippen molar-refractivity contribution in [3.8, 4) is 0 Å². The van der Waals surface area contributed by atoms with Crippen LogP contribution in [0, 0.1) is 0 Å². The highest BCUT2D eigenvalue weighted by atomic mass is 35.5. The Morgan fingerprint density at radius 3 is 2.69 bits per heavy atom. The van der Waals surface area contributed by atoms with Crippen LogP contribution in [-0.2, 0) is 20.7 Å². The van der Waals surface area contributed by atoms with Crippen molar-refractivity contribution in [1.82, 2.24) is 5.32 Å². The monoisotopic (exact) mass is 428 g/mol. The van der Waals surface area contributed by atoms with Gasteiger partial charge in [-0.25, -0.2) is 0 Å². The average Bonchev–Trinajstić information content (AvgIpc) is 3.32. The number of carbonyl (C=O) groups excluding carboxylic acids is 3. The van der Waals surface area contributed by atoms with Crippen molar-refractivity contribution in [1.29, 1.82) is 0 Å². The van der Waals surface area contributed by atoms with Crippen molar-refractivity contribution in [2.75, 3.05) is 24.6 Å². The summed E-state index contributed by atoms with van der Waals surface area (Å²) in [7, 11) is 0. The molecule has 0 saturated carbocycles. The van der Waals surface area contributed by atoms with Crippen molar-refractivity contribution in [3.05, 3.63) is 64.0 Å². The van der Waals surface area contributed by atoms with Crippen LogP contribution in [0.2, 0.25) is 5.02 Å². The molecule has 1 aromatic heterocycles. The molecule has 0 radical (unpaired) electrons. The Morgan fingerprint density at radius 2 is 1.86 bits per heavy atom. The van der Waals surface area contributed by atoms with Gasteiger partial charge in [-0.3, -0.25) is 14.4 Å². The predicted octanol–water partition coefficient (Wildman–Crippen LogP) is 3.42. The minimum Gasteiger partial charge on any atom is -0.454 e. The minimum atomic E-state index is -0.684. The molecular formula is C21H17ClN2O4S. The number of esters is 1. The van der Waals surface area contributed by atoms with E-state index in [9.17, 15) is 14.4 Å². The molecule has 0 unspecified atom stereocenters. The molecule has 2 aromatic carbocycles. The highest BCUT2D eigenvalue weighted by molar-refractivity contribution is 7.21. The van der Waals surface area contributed by atoms with Crippen LogP contribution in [0.4, 0.5) is 5.69 Å². The summed E-state index contributed by atoms with van der Waals surface area (Å²) >= 11 is 7.52. The number of hydrogen-bond donors (Lipinski definition) is 1. The van der Waals surface area contributed by atoms with E-state index < -0.39 is 11.9 Å². The molecule has 6 nitrogen and oxygen atoms in total. The average molecular weight is 429 g/mol. The van der Waals surface area contributed by atoms with Gasteiger partial charge in [-0.05, 0) is 24.1 Å². The van der Waals surface area contributed by atoms with Crippen LogP contribution in [0.15, 0.2) is 48.5 Å². The molecule has 148 valence electrons. The summed E-state index contributed by atoms with van der Waals surface area (Å²) < 4.78 is 5.92. The van der Waals surface area contributed by atoms with Gasteiger partial charge in [-0.15, -0.1) is 11.3 Å². The highest BCUT2D eigenvalue weighted by Crippen LogP contribution is 2.35. The first-order valence-corrected chi connectivity index (χ1v) is 10.2. The molecule has 8 heteroatoms. The quantitative estimate of drug-likeness (QED) is 0.632. The van der Waals surface area contributed by atoms with Crippen LogP contribution in [-0.4, -0.2) is 37.5 Å². The van der Waals surface area contributed by atoms with E-state index in [0.29, 0.717) is 16.4 Å². The van der Waals surface area contributed by atoms with E-state index in [4.69, 9.17) is 16.3 Å². The minimum absolute atomic E-state index is 0.290. The summed E-state index contributed by atoms with van der Waals surface area (Å²) in [5.41, 5.74) is 1.95. The standard InChI is InChI=1S/C21H17ClN2O4S/c22-19-14-6-2-4-8-16(14)29-20(19)21(27)23-11-18(26)28-12-17(25)24-10-9-13-5-1-3-7-15(13)24/h1-8H,9-12H2,(H,23,27). The summed E-state index contributed by atoms with van der Waals surface area (Å²) in [5.74, 6) is -1.42. The number of thiophene rings is 1. The van der Waals surface area contributed by atoms with Gasteiger partial charge >= 0.3 is 5.97 Å². The molecule has 0 atom stereocenters. The number of amides is 2. The Balaban J connectivity index is 1.29. The lowest BCUT2D eigenvalue weighted by atomic mass is 10.2. The molecule has 1 aliphatic rings. The van der Waals surface area contributed by atoms with Crippen molar-refractivity contribution < 1.29 is 19.1 Å². The van der Waals surface area contributed by atoms with E-state index in [0.717, 1.165) is 27.8 Å². The van der Waals surface area contributed by atoms with Crippen LogP contribution in [0.25, 0.3) is 10.1 Å². The lowest BCUT2D eigenvalue weighted by Gasteiger charge is -2.17. The molecule has 1 aliphatic heterocycles. The normalized spacial score (nSPS) is 12.7. The SMILES string of the molecule is O=C(CNC(=O)c1sc2ccccc2c1Cl)OCC(=O)N1CCc2ccccc21. The first kappa shape index (κ1) is 19.4. The summed E-state index contributed by atoms with van der Waals surface area (Å²) in [6.45, 7) is -0.142. The second kappa shape index (κ2) is 8.23. The molecule has 0 aliphatic carbocycles. The number of hydrogen-bond acceptors (Lipinski definition) is 5. The number of carbonyl (C=O) groups is 3. The van der Waals surface area contributed by atoms with Crippen molar-refractivity contribution in [2.24, 2.45) is 0 Å². The maximum absolute atomic E-state index is 12.4. The van der Waals surface area contributed by atoms with Crippen LogP contribution in [0.1, 0.15) is 15.2 Å². The number of ether oxygens (including phenoxy) is 1. The van der Waals surface area contributed by atoms with E-state index in [2.05, 4.69) is 5.32 Å². The fourth-order valence-electron chi connectivity index (χ4n) is 3.26. The zero-order valence-electron chi connectivity index (χ0n) is 15.3. The Labute approximate surface area is 176 Å². The van der Waals surface area contributed by atoms with Gasteiger partial charge in [-0.1, -0.05) is 48.0 Å². The summed E-state index contributed by atoms with van der Waals surface area (Å²) in [6, 6.07) is 15.1. The maximum atomic E-state index is 12.4. The number of fused-ring (bicyclic) bond motifs is 2. The largest absolute Gasteiger partial charge is 0.454 e. The summed E-state index contributed by atoms with van der Waals surface area (Å²) in [5, 5.41) is 3.65. The number of nitrogens with one attached hydrogen (secondary N) is 1. The topological polar surface area (TPSA) is 75.7 Å². The number of para-hydroxylation sites is 1. The summed E-state index contributed by atoms with van der Waals surface area (Å²) in [4.78, 5) is 38.6. The molecule has 1 N–H and O–H groups in total. The zero-order valence-corrected chi connectivity index (χ0v) is 16.9. The van der Waals surface area contributed by atoms with Crippen molar-refractivity contribution >= 4 is 56.5 Å².